The van der Waals surface area contributed by atoms with Crippen LogP contribution >= 0.6 is 0 Å². The summed E-state index contributed by atoms with van der Waals surface area (Å²) in [5, 5.41) is 0. The van der Waals surface area contributed by atoms with Crippen molar-refractivity contribution in [2.24, 2.45) is 5.73 Å². The average molecular weight is 557 g/mol. The van der Waals surface area contributed by atoms with Crippen LogP contribution < -0.4 is 10.5 Å². The van der Waals surface area contributed by atoms with Gasteiger partial charge < -0.3 is 25.0 Å². The fourth-order valence-corrected chi connectivity index (χ4v) is 5.73. The molecule has 2 saturated heterocycles. The quantitative estimate of drug-likeness (QED) is 0.387. The molecule has 2 amide bonds. The molecule has 8 nitrogen and oxygen atoms in total. The number of aromatic nitrogens is 1. The van der Waals surface area contributed by atoms with Gasteiger partial charge in [-0.15, -0.1) is 0 Å². The van der Waals surface area contributed by atoms with Crippen molar-refractivity contribution in [3.05, 3.63) is 78.0 Å². The molecule has 0 aliphatic carbocycles. The Morgan fingerprint density at radius 3 is 2.07 bits per heavy atom. The lowest BCUT2D eigenvalue weighted by atomic mass is 9.90. The van der Waals surface area contributed by atoms with Gasteiger partial charge in [0.15, 0.2) is 0 Å². The van der Waals surface area contributed by atoms with Crippen LogP contribution in [0.1, 0.15) is 68.4 Å². The number of primary amides is 1. The highest BCUT2D eigenvalue weighted by atomic mass is 16.6. The molecule has 5 rings (SSSR count). The molecule has 2 fully saturated rings. The van der Waals surface area contributed by atoms with Crippen molar-refractivity contribution in [2.45, 2.75) is 64.0 Å². The van der Waals surface area contributed by atoms with E-state index in [0.29, 0.717) is 29.0 Å². The van der Waals surface area contributed by atoms with E-state index in [0.717, 1.165) is 68.9 Å². The van der Waals surface area contributed by atoms with Crippen LogP contribution in [-0.2, 0) is 4.74 Å². The number of hydrogen-bond acceptors (Lipinski definition) is 6. The summed E-state index contributed by atoms with van der Waals surface area (Å²) in [6.07, 6.45) is 3.71. The van der Waals surface area contributed by atoms with Gasteiger partial charge >= 0.3 is 6.09 Å². The van der Waals surface area contributed by atoms with Gasteiger partial charge in [-0.25, -0.2) is 4.79 Å². The second kappa shape index (κ2) is 12.3. The van der Waals surface area contributed by atoms with E-state index in [2.05, 4.69) is 4.90 Å². The molecule has 41 heavy (non-hydrogen) atoms. The zero-order valence-corrected chi connectivity index (χ0v) is 24.2. The molecule has 3 heterocycles. The Kier molecular flexibility index (Phi) is 8.59. The standard InChI is InChI=1S/C33H40N4O4/c1-33(2,3)41-32(39)37-21-17-25(18-22-37)36-19-15-23(16-20-36)29-14-13-28(31(34)38)30(35-29)24-9-11-27(12-10-24)40-26-7-5-4-6-8-26/h4-14,23,25H,15-22H2,1-3H3,(H2,34,38). The number of nitrogens with two attached hydrogens (primary N) is 1. The molecule has 0 saturated carbocycles. The van der Waals surface area contributed by atoms with E-state index in [9.17, 15) is 9.59 Å². The number of likely N-dealkylation sites (tertiary alicyclic amines) is 2. The number of ether oxygens (including phenoxy) is 2. The first-order chi connectivity index (χ1) is 19.7. The van der Waals surface area contributed by atoms with Crippen LogP contribution in [0.15, 0.2) is 66.7 Å². The molecule has 0 bridgehead atoms. The van der Waals surface area contributed by atoms with Crippen molar-refractivity contribution in [1.29, 1.82) is 0 Å². The Morgan fingerprint density at radius 1 is 0.829 bits per heavy atom. The Balaban J connectivity index is 1.21. The van der Waals surface area contributed by atoms with E-state index in [1.807, 2.05) is 92.4 Å². The molecule has 0 radical (unpaired) electrons. The third-order valence-corrected chi connectivity index (χ3v) is 7.87. The SMILES string of the molecule is CC(C)(C)OC(=O)N1CCC(N2CCC(c3ccc(C(N)=O)c(-c4ccc(Oc5ccccc5)cc4)n3)CC2)CC1. The van der Waals surface area contributed by atoms with Crippen molar-refractivity contribution in [3.63, 3.8) is 0 Å². The Labute approximate surface area is 242 Å². The average Bonchev–Trinajstić information content (AvgIpc) is 2.97. The van der Waals surface area contributed by atoms with Gasteiger partial charge in [-0.05, 0) is 108 Å². The van der Waals surface area contributed by atoms with E-state index in [4.69, 9.17) is 20.2 Å². The van der Waals surface area contributed by atoms with Gasteiger partial charge in [0.05, 0.1) is 11.3 Å². The van der Waals surface area contributed by atoms with E-state index in [1.54, 1.807) is 0 Å². The highest BCUT2D eigenvalue weighted by molar-refractivity contribution is 5.98. The number of benzene rings is 2. The third-order valence-electron chi connectivity index (χ3n) is 7.87. The molecule has 0 atom stereocenters. The molecule has 2 N–H and O–H groups in total. The summed E-state index contributed by atoms with van der Waals surface area (Å²) in [6, 6.07) is 21.5. The molecule has 2 aliphatic rings. The van der Waals surface area contributed by atoms with Gasteiger partial charge in [0, 0.05) is 36.3 Å². The predicted octanol–water partition coefficient (Wildman–Crippen LogP) is 6.22. The summed E-state index contributed by atoms with van der Waals surface area (Å²) in [6.45, 7) is 9.14. The number of nitrogens with zero attached hydrogens (tertiary/aromatic N) is 3. The number of hydrogen-bond donors (Lipinski definition) is 1. The number of piperidine rings is 2. The predicted molar refractivity (Wildman–Crippen MR) is 159 cm³/mol. The van der Waals surface area contributed by atoms with Crippen LogP contribution in [0.2, 0.25) is 0 Å². The van der Waals surface area contributed by atoms with Crippen LogP contribution in [0.5, 0.6) is 11.5 Å². The molecule has 0 spiro atoms. The van der Waals surface area contributed by atoms with Crippen molar-refractivity contribution in [2.75, 3.05) is 26.2 Å². The Bertz CT molecular complexity index is 1340. The van der Waals surface area contributed by atoms with Gasteiger partial charge in [-0.3, -0.25) is 9.78 Å². The van der Waals surface area contributed by atoms with Crippen LogP contribution in [0, 0.1) is 0 Å². The molecule has 8 heteroatoms. The van der Waals surface area contributed by atoms with E-state index >= 15 is 0 Å². The number of carbonyl (C=O) groups excluding carboxylic acids is 2. The maximum Gasteiger partial charge on any atom is 0.410 e. The Hall–Kier alpha value is -3.91. The minimum Gasteiger partial charge on any atom is -0.457 e. The smallest absolute Gasteiger partial charge is 0.410 e. The number of pyridine rings is 1. The van der Waals surface area contributed by atoms with Gasteiger partial charge in [0.25, 0.3) is 5.91 Å². The number of carbonyl (C=O) groups is 2. The Morgan fingerprint density at radius 2 is 1.46 bits per heavy atom. The van der Waals surface area contributed by atoms with Gasteiger partial charge in [-0.1, -0.05) is 18.2 Å². The lowest BCUT2D eigenvalue weighted by Crippen LogP contribution is -2.49. The largest absolute Gasteiger partial charge is 0.457 e. The lowest BCUT2D eigenvalue weighted by molar-refractivity contribution is 0.0126. The fraction of sp³-hybridized carbons (Fsp3) is 0.424. The van der Waals surface area contributed by atoms with Crippen LogP contribution in [-0.4, -0.2) is 64.6 Å². The van der Waals surface area contributed by atoms with Crippen molar-refractivity contribution >= 4 is 12.0 Å². The second-order valence-electron chi connectivity index (χ2n) is 11.9. The highest BCUT2D eigenvalue weighted by Gasteiger charge is 2.32. The van der Waals surface area contributed by atoms with Gasteiger partial charge in [0.2, 0.25) is 0 Å². The van der Waals surface area contributed by atoms with E-state index < -0.39 is 11.5 Å². The lowest BCUT2D eigenvalue weighted by Gasteiger charge is -2.41. The first-order valence-electron chi connectivity index (χ1n) is 14.5. The molecule has 2 aromatic carbocycles. The molecule has 216 valence electrons. The third kappa shape index (κ3) is 7.24. The number of rotatable bonds is 6. The van der Waals surface area contributed by atoms with Crippen LogP contribution in [0.25, 0.3) is 11.3 Å². The number of para-hydroxylation sites is 1. The topological polar surface area (TPSA) is 98.0 Å². The fourth-order valence-electron chi connectivity index (χ4n) is 5.73. The van der Waals surface area contributed by atoms with E-state index in [-0.39, 0.29) is 6.09 Å². The summed E-state index contributed by atoms with van der Waals surface area (Å²) >= 11 is 0. The molecular weight excluding hydrogens is 516 g/mol. The summed E-state index contributed by atoms with van der Waals surface area (Å²) in [7, 11) is 0. The summed E-state index contributed by atoms with van der Waals surface area (Å²) in [4.78, 5) is 34.1. The molecule has 1 aromatic heterocycles. The first kappa shape index (κ1) is 28.6. The zero-order chi connectivity index (χ0) is 29.0. The zero-order valence-electron chi connectivity index (χ0n) is 24.2. The van der Waals surface area contributed by atoms with Crippen LogP contribution in [0.3, 0.4) is 0 Å². The maximum absolute atomic E-state index is 12.4. The second-order valence-corrected chi connectivity index (χ2v) is 11.9. The monoisotopic (exact) mass is 556 g/mol. The highest BCUT2D eigenvalue weighted by Crippen LogP contribution is 2.33. The molecule has 3 aromatic rings. The normalized spacial score (nSPS) is 17.3. The van der Waals surface area contributed by atoms with Gasteiger partial charge in [0.1, 0.15) is 17.1 Å². The maximum atomic E-state index is 12.4. The number of amides is 2. The molecule has 0 unspecified atom stereocenters. The molecule has 2 aliphatic heterocycles. The summed E-state index contributed by atoms with van der Waals surface area (Å²) in [5.41, 5.74) is 8.11. The minimum atomic E-state index is -0.490. The van der Waals surface area contributed by atoms with Crippen molar-refractivity contribution in [3.8, 4) is 22.8 Å². The van der Waals surface area contributed by atoms with Crippen molar-refractivity contribution in [1.82, 2.24) is 14.8 Å². The summed E-state index contributed by atoms with van der Waals surface area (Å²) in [5.74, 6) is 1.30. The minimum absolute atomic E-state index is 0.214. The van der Waals surface area contributed by atoms with E-state index in [1.165, 1.54) is 0 Å². The van der Waals surface area contributed by atoms with Crippen molar-refractivity contribution < 1.29 is 19.1 Å². The first-order valence-corrected chi connectivity index (χ1v) is 14.5. The van der Waals surface area contributed by atoms with Crippen LogP contribution in [0.4, 0.5) is 4.79 Å². The van der Waals surface area contributed by atoms with Gasteiger partial charge in [-0.2, -0.15) is 0 Å². The summed E-state index contributed by atoms with van der Waals surface area (Å²) < 4.78 is 11.5. The molecular formula is C33H40N4O4.